The number of benzene rings is 2. The summed E-state index contributed by atoms with van der Waals surface area (Å²) in [7, 11) is -0.931. The Labute approximate surface area is 159 Å². The third kappa shape index (κ3) is 4.30. The first-order chi connectivity index (χ1) is 11.3. The van der Waals surface area contributed by atoms with Gasteiger partial charge in [-0.05, 0) is 35.1 Å². The Morgan fingerprint density at radius 2 is 1.12 bits per heavy atom. The zero-order valence-electron chi connectivity index (χ0n) is 15.1. The van der Waals surface area contributed by atoms with Crippen molar-refractivity contribution < 1.29 is 17.0 Å². The summed E-state index contributed by atoms with van der Waals surface area (Å²) < 4.78 is 0. The summed E-state index contributed by atoms with van der Waals surface area (Å²) in [5, 5.41) is 0. The Morgan fingerprint density at radius 3 is 1.54 bits per heavy atom. The first-order valence-electron chi connectivity index (χ1n) is 9.29. The minimum Gasteiger partial charge on any atom is -1.00 e. The zero-order chi connectivity index (χ0) is 16.1. The van der Waals surface area contributed by atoms with Crippen LogP contribution in [0.15, 0.2) is 48.5 Å². The molecule has 130 valence electrons. The molecule has 2 aromatic carbocycles. The number of hydrogen-bond donors (Lipinski definition) is 0. The lowest BCUT2D eigenvalue weighted by atomic mass is 9.97. The first-order valence-corrected chi connectivity index (χ1v) is 11.8. The molecule has 0 atom stereocenters. The van der Waals surface area contributed by atoms with Crippen molar-refractivity contribution in [1.29, 1.82) is 0 Å². The van der Waals surface area contributed by atoms with E-state index in [-0.39, 0.29) is 17.0 Å². The Kier molecular flexibility index (Phi) is 7.51. The highest BCUT2D eigenvalue weighted by Gasteiger charge is 2.39. The van der Waals surface area contributed by atoms with E-state index < -0.39 is 7.26 Å². The third-order valence-corrected chi connectivity index (χ3v) is 9.86. The molecule has 3 rings (SSSR count). The van der Waals surface area contributed by atoms with Gasteiger partial charge in [0, 0.05) is 7.26 Å². The van der Waals surface area contributed by atoms with E-state index in [9.17, 15) is 0 Å². The normalized spacial score (nSPS) is 14.9. The molecule has 0 nitrogen and oxygen atoms in total. The number of halogens is 1. The van der Waals surface area contributed by atoms with Crippen molar-refractivity contribution in [1.82, 2.24) is 0 Å². The summed E-state index contributed by atoms with van der Waals surface area (Å²) in [5.41, 5.74) is 6.21. The lowest BCUT2D eigenvalue weighted by Crippen LogP contribution is -3.00. The third-order valence-electron chi connectivity index (χ3n) is 5.31. The van der Waals surface area contributed by atoms with Gasteiger partial charge in [0.1, 0.15) is 0 Å². The number of hydrogen-bond acceptors (Lipinski definition) is 0. The van der Waals surface area contributed by atoms with Crippen LogP contribution in [0.1, 0.15) is 50.7 Å². The fourth-order valence-corrected chi connectivity index (χ4v) is 8.97. The van der Waals surface area contributed by atoms with Crippen LogP contribution in [-0.2, 0) is 12.3 Å². The van der Waals surface area contributed by atoms with Gasteiger partial charge in [0.25, 0.3) is 0 Å². The van der Waals surface area contributed by atoms with E-state index in [0.717, 1.165) is 0 Å². The summed E-state index contributed by atoms with van der Waals surface area (Å²) in [5.74, 6) is 0. The molecule has 0 saturated heterocycles. The molecule has 0 aliphatic carbocycles. The molecule has 1 heterocycles. The summed E-state index contributed by atoms with van der Waals surface area (Å²) >= 11 is 0. The van der Waals surface area contributed by atoms with E-state index in [0.29, 0.717) is 0 Å². The molecule has 0 fully saturated rings. The van der Waals surface area contributed by atoms with Gasteiger partial charge in [0.15, 0.2) is 0 Å². The van der Waals surface area contributed by atoms with Crippen molar-refractivity contribution in [3.63, 3.8) is 0 Å². The van der Waals surface area contributed by atoms with Crippen LogP contribution in [0.25, 0.3) is 11.1 Å². The van der Waals surface area contributed by atoms with Gasteiger partial charge in [-0.25, -0.2) is 0 Å². The Balaban J connectivity index is 0.00000208. The Hall–Kier alpha value is -0.650. The highest BCUT2D eigenvalue weighted by atomic mass is 79.9. The van der Waals surface area contributed by atoms with Gasteiger partial charge in [0.2, 0.25) is 0 Å². The Bertz CT molecular complexity index is 592. The molecule has 2 aromatic rings. The fourth-order valence-electron chi connectivity index (χ4n) is 4.04. The van der Waals surface area contributed by atoms with Crippen LogP contribution < -0.4 is 17.0 Å². The molecule has 0 aromatic heterocycles. The molecule has 2 heteroatoms. The van der Waals surface area contributed by atoms with Crippen LogP contribution in [-0.4, -0.2) is 12.3 Å². The van der Waals surface area contributed by atoms with E-state index in [4.69, 9.17) is 0 Å². The van der Waals surface area contributed by atoms with Crippen LogP contribution in [0.4, 0.5) is 0 Å². The summed E-state index contributed by atoms with van der Waals surface area (Å²) in [6, 6.07) is 18.4. The topological polar surface area (TPSA) is 0 Å². The predicted octanol–water partition coefficient (Wildman–Crippen LogP) is 3.99. The second-order valence-electron chi connectivity index (χ2n) is 7.13. The highest BCUT2D eigenvalue weighted by molar-refractivity contribution is 7.74. The monoisotopic (exact) mass is 404 g/mol. The lowest BCUT2D eigenvalue weighted by molar-refractivity contribution is -0.00000490. The molecule has 0 N–H and O–H groups in total. The molecule has 0 radical (unpaired) electrons. The van der Waals surface area contributed by atoms with Gasteiger partial charge >= 0.3 is 0 Å². The van der Waals surface area contributed by atoms with Crippen molar-refractivity contribution >= 4 is 7.26 Å². The molecule has 0 saturated carbocycles. The molecule has 1 aliphatic heterocycles. The average Bonchev–Trinajstić information content (AvgIpc) is 2.73. The second kappa shape index (κ2) is 9.16. The van der Waals surface area contributed by atoms with Crippen LogP contribution >= 0.6 is 7.26 Å². The molecule has 0 amide bonds. The molecular weight excluding hydrogens is 375 g/mol. The molecule has 0 unspecified atom stereocenters. The highest BCUT2D eigenvalue weighted by Crippen LogP contribution is 2.67. The van der Waals surface area contributed by atoms with E-state index >= 15 is 0 Å². The van der Waals surface area contributed by atoms with Gasteiger partial charge in [0.05, 0.1) is 24.6 Å². The van der Waals surface area contributed by atoms with Crippen molar-refractivity contribution in [3.8, 4) is 11.1 Å². The van der Waals surface area contributed by atoms with E-state index in [1.54, 1.807) is 11.1 Å². The van der Waals surface area contributed by atoms with Gasteiger partial charge in [-0.1, -0.05) is 75.2 Å². The quantitative estimate of drug-likeness (QED) is 0.638. The van der Waals surface area contributed by atoms with E-state index in [1.807, 2.05) is 0 Å². The van der Waals surface area contributed by atoms with Crippen LogP contribution in [0.2, 0.25) is 0 Å². The smallest absolute Gasteiger partial charge is 0.0852 e. The standard InChI is InChI=1S/C22H30P.BrH/c1-3-5-15-23(16-6-4-2)17-19-11-7-9-13-21(19)22-14-10-8-12-20(22)18-23;/h7-14H,3-6,15-18H2,1-2H3;1H/q+1;/p-1. The number of rotatable bonds is 6. The van der Waals surface area contributed by atoms with Crippen LogP contribution in [0.5, 0.6) is 0 Å². The van der Waals surface area contributed by atoms with Crippen molar-refractivity contribution in [3.05, 3.63) is 59.7 Å². The van der Waals surface area contributed by atoms with Crippen molar-refractivity contribution in [2.24, 2.45) is 0 Å². The largest absolute Gasteiger partial charge is 1.00 e. The first kappa shape index (κ1) is 19.7. The maximum absolute atomic E-state index is 2.39. The SMILES string of the molecule is CCCC[P+]1(CCCC)Cc2ccccc2-c2ccccc2C1.[Br-]. The summed E-state index contributed by atoms with van der Waals surface area (Å²) in [6.45, 7) is 4.69. The van der Waals surface area contributed by atoms with Gasteiger partial charge in [-0.2, -0.15) is 0 Å². The van der Waals surface area contributed by atoms with Gasteiger partial charge in [-0.3, -0.25) is 0 Å². The van der Waals surface area contributed by atoms with E-state index in [1.165, 1.54) is 61.5 Å². The van der Waals surface area contributed by atoms with Gasteiger partial charge in [-0.15, -0.1) is 0 Å². The minimum atomic E-state index is -0.931. The van der Waals surface area contributed by atoms with Crippen molar-refractivity contribution in [2.45, 2.75) is 51.9 Å². The fraction of sp³-hybridized carbons (Fsp3) is 0.455. The van der Waals surface area contributed by atoms with Crippen LogP contribution in [0, 0.1) is 0 Å². The maximum Gasteiger partial charge on any atom is 0.0852 e. The van der Waals surface area contributed by atoms with E-state index in [2.05, 4.69) is 62.4 Å². The summed E-state index contributed by atoms with van der Waals surface area (Å²) in [6.07, 6.45) is 11.1. The second-order valence-corrected chi connectivity index (χ2v) is 11.3. The average molecular weight is 405 g/mol. The minimum absolute atomic E-state index is 0. The number of unbranched alkanes of at least 4 members (excludes halogenated alkanes) is 2. The molecular formula is C22H30BrP. The molecule has 0 spiro atoms. The maximum atomic E-state index is 2.39. The zero-order valence-corrected chi connectivity index (χ0v) is 17.6. The summed E-state index contributed by atoms with van der Waals surface area (Å²) in [4.78, 5) is 0. The van der Waals surface area contributed by atoms with Crippen LogP contribution in [0.3, 0.4) is 0 Å². The molecule has 1 aliphatic rings. The van der Waals surface area contributed by atoms with Gasteiger partial charge < -0.3 is 17.0 Å². The molecule has 24 heavy (non-hydrogen) atoms. The predicted molar refractivity (Wildman–Crippen MR) is 106 cm³/mol. The molecule has 0 bridgehead atoms. The lowest BCUT2D eigenvalue weighted by Gasteiger charge is -2.27. The Morgan fingerprint density at radius 1 is 0.708 bits per heavy atom. The van der Waals surface area contributed by atoms with Crippen molar-refractivity contribution in [2.75, 3.05) is 12.3 Å². The number of fused-ring (bicyclic) bond motifs is 3.